The highest BCUT2D eigenvalue weighted by Gasteiger charge is 2.18. The van der Waals surface area contributed by atoms with Crippen LogP contribution in [0.2, 0.25) is 0 Å². The van der Waals surface area contributed by atoms with Gasteiger partial charge in [-0.1, -0.05) is 29.8 Å². The van der Waals surface area contributed by atoms with Crippen molar-refractivity contribution in [3.63, 3.8) is 0 Å². The van der Waals surface area contributed by atoms with Gasteiger partial charge in [0.25, 0.3) is 0 Å². The lowest BCUT2D eigenvalue weighted by Gasteiger charge is -2.26. The van der Waals surface area contributed by atoms with Gasteiger partial charge < -0.3 is 15.7 Å². The van der Waals surface area contributed by atoms with E-state index in [1.165, 1.54) is 11.1 Å². The minimum Gasteiger partial charge on any atom is -0.396 e. The molecule has 0 amide bonds. The van der Waals surface area contributed by atoms with Crippen LogP contribution in [0.1, 0.15) is 11.1 Å². The number of aromatic nitrogens is 2. The second-order valence-corrected chi connectivity index (χ2v) is 6.55. The molecule has 0 unspecified atom stereocenters. The van der Waals surface area contributed by atoms with Crippen LogP contribution >= 0.6 is 0 Å². The van der Waals surface area contributed by atoms with Crippen molar-refractivity contribution in [1.29, 1.82) is 0 Å². The summed E-state index contributed by atoms with van der Waals surface area (Å²) in [5.74, 6) is 1.89. The SMILES string of the molecule is Cc1cccc(C[C@@H](CO)CNC[C@H]2CNc3ccnn3C2)c1. The third kappa shape index (κ3) is 4.33. The Labute approximate surface area is 137 Å². The molecule has 2 atom stereocenters. The Morgan fingerprint density at radius 3 is 3.17 bits per heavy atom. The summed E-state index contributed by atoms with van der Waals surface area (Å²) in [7, 11) is 0. The number of nitrogens with zero attached hydrogens (tertiary/aromatic N) is 2. The van der Waals surface area contributed by atoms with Crippen molar-refractivity contribution in [3.05, 3.63) is 47.7 Å². The highest BCUT2D eigenvalue weighted by Crippen LogP contribution is 2.16. The zero-order chi connectivity index (χ0) is 16.1. The van der Waals surface area contributed by atoms with Crippen molar-refractivity contribution in [1.82, 2.24) is 15.1 Å². The molecular weight excluding hydrogens is 288 g/mol. The van der Waals surface area contributed by atoms with Crippen LogP contribution in [0.5, 0.6) is 0 Å². The molecule has 3 N–H and O–H groups in total. The highest BCUT2D eigenvalue weighted by atomic mass is 16.3. The predicted octanol–water partition coefficient (Wildman–Crippen LogP) is 1.67. The molecule has 0 aliphatic carbocycles. The van der Waals surface area contributed by atoms with Gasteiger partial charge in [0.15, 0.2) is 0 Å². The first-order valence-electron chi connectivity index (χ1n) is 8.37. The van der Waals surface area contributed by atoms with Gasteiger partial charge in [0, 0.05) is 44.8 Å². The molecule has 23 heavy (non-hydrogen) atoms. The number of aliphatic hydroxyl groups is 1. The third-order valence-corrected chi connectivity index (χ3v) is 4.45. The quantitative estimate of drug-likeness (QED) is 0.727. The fourth-order valence-electron chi connectivity index (χ4n) is 3.19. The molecule has 0 radical (unpaired) electrons. The fourth-order valence-corrected chi connectivity index (χ4v) is 3.19. The lowest BCUT2D eigenvalue weighted by atomic mass is 9.98. The fraction of sp³-hybridized carbons (Fsp3) is 0.500. The van der Waals surface area contributed by atoms with E-state index in [2.05, 4.69) is 46.9 Å². The molecule has 5 nitrogen and oxygen atoms in total. The molecule has 0 fully saturated rings. The van der Waals surface area contributed by atoms with Crippen LogP contribution in [0.3, 0.4) is 0 Å². The molecule has 2 aromatic rings. The molecule has 0 bridgehead atoms. The first-order valence-corrected chi connectivity index (χ1v) is 8.37. The predicted molar refractivity (Wildman–Crippen MR) is 92.5 cm³/mol. The summed E-state index contributed by atoms with van der Waals surface area (Å²) in [6, 6.07) is 10.5. The van der Waals surface area contributed by atoms with Crippen molar-refractivity contribution in [3.8, 4) is 0 Å². The zero-order valence-corrected chi connectivity index (χ0v) is 13.7. The minimum atomic E-state index is 0.215. The number of benzene rings is 1. The van der Waals surface area contributed by atoms with E-state index >= 15 is 0 Å². The molecule has 0 saturated heterocycles. The Balaban J connectivity index is 1.44. The number of hydrogen-bond donors (Lipinski definition) is 3. The van der Waals surface area contributed by atoms with Gasteiger partial charge in [-0.15, -0.1) is 0 Å². The van der Waals surface area contributed by atoms with Crippen molar-refractivity contribution in [2.45, 2.75) is 19.9 Å². The van der Waals surface area contributed by atoms with E-state index in [1.807, 2.05) is 16.9 Å². The van der Waals surface area contributed by atoms with Crippen LogP contribution in [0.4, 0.5) is 5.82 Å². The molecule has 1 aromatic heterocycles. The normalized spacial score (nSPS) is 18.3. The molecule has 0 spiro atoms. The number of aryl methyl sites for hydroxylation is 1. The summed E-state index contributed by atoms with van der Waals surface area (Å²) in [4.78, 5) is 0. The standard InChI is InChI=1S/C18H26N4O/c1-14-3-2-4-15(7-14)8-16(13-23)9-19-10-17-11-20-18-5-6-21-22(18)12-17/h2-7,16-17,19-20,23H,8-13H2,1H3/t16-,17+/m1/s1. The summed E-state index contributed by atoms with van der Waals surface area (Å²) in [6.45, 7) is 6.02. The van der Waals surface area contributed by atoms with Crippen LogP contribution in [0.15, 0.2) is 36.5 Å². The maximum Gasteiger partial charge on any atom is 0.124 e. The van der Waals surface area contributed by atoms with E-state index in [4.69, 9.17) is 0 Å². The molecule has 0 saturated carbocycles. The van der Waals surface area contributed by atoms with Crippen LogP contribution in [-0.4, -0.2) is 41.1 Å². The van der Waals surface area contributed by atoms with Gasteiger partial charge >= 0.3 is 0 Å². The van der Waals surface area contributed by atoms with E-state index in [-0.39, 0.29) is 12.5 Å². The molecule has 124 valence electrons. The van der Waals surface area contributed by atoms with Gasteiger partial charge in [0.1, 0.15) is 5.82 Å². The molecule has 1 aliphatic heterocycles. The summed E-state index contributed by atoms with van der Waals surface area (Å²) in [6.07, 6.45) is 2.75. The van der Waals surface area contributed by atoms with E-state index in [9.17, 15) is 5.11 Å². The summed E-state index contributed by atoms with van der Waals surface area (Å²) in [5, 5.41) is 20.9. The number of aliphatic hydroxyl groups excluding tert-OH is 1. The molecule has 3 rings (SSSR count). The maximum absolute atomic E-state index is 9.63. The Morgan fingerprint density at radius 1 is 1.43 bits per heavy atom. The second-order valence-electron chi connectivity index (χ2n) is 6.55. The monoisotopic (exact) mass is 314 g/mol. The van der Waals surface area contributed by atoms with Crippen molar-refractivity contribution < 1.29 is 5.11 Å². The molecular formula is C18H26N4O. The second kappa shape index (κ2) is 7.62. The number of nitrogens with one attached hydrogen (secondary N) is 2. The third-order valence-electron chi connectivity index (χ3n) is 4.45. The summed E-state index contributed by atoms with van der Waals surface area (Å²) >= 11 is 0. The largest absolute Gasteiger partial charge is 0.396 e. The van der Waals surface area contributed by atoms with Gasteiger partial charge in [-0.3, -0.25) is 0 Å². The Bertz CT molecular complexity index is 625. The van der Waals surface area contributed by atoms with Crippen LogP contribution in [0, 0.1) is 18.8 Å². The number of anilines is 1. The average molecular weight is 314 g/mol. The summed E-state index contributed by atoms with van der Waals surface area (Å²) in [5.41, 5.74) is 2.57. The lowest BCUT2D eigenvalue weighted by Crippen LogP contribution is -2.37. The van der Waals surface area contributed by atoms with E-state index in [0.29, 0.717) is 5.92 Å². The zero-order valence-electron chi connectivity index (χ0n) is 13.7. The first kappa shape index (κ1) is 16.0. The summed E-state index contributed by atoms with van der Waals surface area (Å²) < 4.78 is 2.02. The molecule has 2 heterocycles. The topological polar surface area (TPSA) is 62.1 Å². The van der Waals surface area contributed by atoms with Crippen molar-refractivity contribution in [2.75, 3.05) is 31.6 Å². The lowest BCUT2D eigenvalue weighted by molar-refractivity contribution is 0.219. The van der Waals surface area contributed by atoms with Crippen LogP contribution in [0.25, 0.3) is 0 Å². The number of rotatable bonds is 7. The van der Waals surface area contributed by atoms with E-state index in [1.54, 1.807) is 0 Å². The average Bonchev–Trinajstić information content (AvgIpc) is 3.01. The number of fused-ring (bicyclic) bond motifs is 1. The van der Waals surface area contributed by atoms with E-state index < -0.39 is 0 Å². The van der Waals surface area contributed by atoms with Gasteiger partial charge in [0.05, 0.1) is 6.20 Å². The molecule has 1 aliphatic rings. The van der Waals surface area contributed by atoms with Gasteiger partial charge in [-0.05, 0) is 24.8 Å². The minimum absolute atomic E-state index is 0.215. The van der Waals surface area contributed by atoms with Gasteiger partial charge in [-0.2, -0.15) is 5.10 Å². The van der Waals surface area contributed by atoms with Crippen molar-refractivity contribution >= 4 is 5.82 Å². The highest BCUT2D eigenvalue weighted by molar-refractivity contribution is 5.35. The Kier molecular flexibility index (Phi) is 5.31. The van der Waals surface area contributed by atoms with Gasteiger partial charge in [-0.25, -0.2) is 4.68 Å². The first-order chi connectivity index (χ1) is 11.2. The maximum atomic E-state index is 9.63. The molecule has 1 aromatic carbocycles. The van der Waals surface area contributed by atoms with Gasteiger partial charge in [0.2, 0.25) is 0 Å². The van der Waals surface area contributed by atoms with Crippen molar-refractivity contribution in [2.24, 2.45) is 11.8 Å². The van der Waals surface area contributed by atoms with Crippen LogP contribution < -0.4 is 10.6 Å². The number of hydrogen-bond acceptors (Lipinski definition) is 4. The smallest absolute Gasteiger partial charge is 0.124 e. The Hall–Kier alpha value is -1.85. The van der Waals surface area contributed by atoms with Crippen LogP contribution in [-0.2, 0) is 13.0 Å². The Morgan fingerprint density at radius 2 is 2.35 bits per heavy atom. The van der Waals surface area contributed by atoms with E-state index in [0.717, 1.165) is 38.4 Å². The molecule has 5 heteroatoms.